The Balaban J connectivity index is 4.15. The zero-order valence-corrected chi connectivity index (χ0v) is 8.33. The molecule has 0 aromatic carbocycles. The first-order valence-corrected chi connectivity index (χ1v) is 4.46. The van der Waals surface area contributed by atoms with Crippen molar-refractivity contribution >= 4 is 0 Å². The maximum atomic E-state index is 9.33. The molecular weight excluding hydrogens is 190 g/mol. The minimum Gasteiger partial charge on any atom is -0.391 e. The van der Waals surface area contributed by atoms with Crippen molar-refractivity contribution in [2.45, 2.75) is 37.4 Å². The number of hydrogen-bond acceptors (Lipinski definition) is 6. The molecule has 0 fully saturated rings. The lowest BCUT2D eigenvalue weighted by molar-refractivity contribution is -0.129. The van der Waals surface area contributed by atoms with Gasteiger partial charge in [0.25, 0.3) is 0 Å². The average Bonchev–Trinajstić information content (AvgIpc) is 2.14. The lowest BCUT2D eigenvalue weighted by Gasteiger charge is -2.27. The third kappa shape index (κ3) is 3.87. The fourth-order valence-corrected chi connectivity index (χ4v) is 1.04. The van der Waals surface area contributed by atoms with Gasteiger partial charge in [-0.2, -0.15) is 0 Å². The van der Waals surface area contributed by atoms with Crippen LogP contribution in [0.15, 0.2) is 0 Å². The molecule has 0 heterocycles. The monoisotopic (exact) mass is 209 g/mol. The molecule has 0 amide bonds. The van der Waals surface area contributed by atoms with Gasteiger partial charge in [0.2, 0.25) is 0 Å². The topological polar surface area (TPSA) is 113 Å². The summed E-state index contributed by atoms with van der Waals surface area (Å²) in [6.07, 6.45) is -6.90. The first-order chi connectivity index (χ1) is 6.41. The van der Waals surface area contributed by atoms with Crippen LogP contribution in [0.3, 0.4) is 0 Å². The van der Waals surface area contributed by atoms with E-state index in [1.54, 1.807) is 7.05 Å². The Morgan fingerprint density at radius 3 is 1.79 bits per heavy atom. The molecule has 86 valence electrons. The van der Waals surface area contributed by atoms with Gasteiger partial charge < -0.3 is 30.8 Å². The van der Waals surface area contributed by atoms with Crippen molar-refractivity contribution in [1.29, 1.82) is 0 Å². The zero-order chi connectivity index (χ0) is 11.3. The Labute approximate surface area is 82.8 Å². The van der Waals surface area contributed by atoms with E-state index >= 15 is 0 Å². The summed E-state index contributed by atoms with van der Waals surface area (Å²) in [5.41, 5.74) is 0. The largest absolute Gasteiger partial charge is 0.391 e. The smallest absolute Gasteiger partial charge is 0.111 e. The van der Waals surface area contributed by atoms with Crippen LogP contribution in [0.25, 0.3) is 0 Å². The minimum atomic E-state index is -1.57. The molecule has 6 N–H and O–H groups in total. The summed E-state index contributed by atoms with van der Waals surface area (Å²) in [6, 6.07) is 0. The summed E-state index contributed by atoms with van der Waals surface area (Å²) >= 11 is 0. The molecule has 0 saturated heterocycles. The van der Waals surface area contributed by atoms with Crippen LogP contribution in [0, 0.1) is 0 Å². The second kappa shape index (κ2) is 6.28. The third-order valence-corrected chi connectivity index (χ3v) is 2.00. The summed E-state index contributed by atoms with van der Waals surface area (Å²) in [6.45, 7) is 1.37. The van der Waals surface area contributed by atoms with Crippen LogP contribution in [0.4, 0.5) is 0 Å². The predicted molar refractivity (Wildman–Crippen MR) is 49.6 cm³/mol. The number of nitrogens with one attached hydrogen (secondary N) is 1. The summed E-state index contributed by atoms with van der Waals surface area (Å²) < 4.78 is 0. The first kappa shape index (κ1) is 13.8. The Kier molecular flexibility index (Phi) is 6.17. The number of hydrogen-bond donors (Lipinski definition) is 6. The quantitative estimate of drug-likeness (QED) is 0.278. The van der Waals surface area contributed by atoms with Crippen LogP contribution in [-0.2, 0) is 0 Å². The van der Waals surface area contributed by atoms with E-state index in [9.17, 15) is 20.4 Å². The summed E-state index contributed by atoms with van der Waals surface area (Å²) in [5.74, 6) is 0. The average molecular weight is 209 g/mol. The molecule has 0 saturated carbocycles. The molecule has 0 radical (unpaired) electrons. The fraction of sp³-hybridized carbons (Fsp3) is 1.00. The highest BCUT2D eigenvalue weighted by Crippen LogP contribution is 2.07. The molecule has 0 aliphatic carbocycles. The Morgan fingerprint density at radius 1 is 0.929 bits per heavy atom. The van der Waals surface area contributed by atoms with E-state index in [1.807, 2.05) is 0 Å². The second-order valence-corrected chi connectivity index (χ2v) is 3.34. The van der Waals surface area contributed by atoms with Crippen LogP contribution in [0.1, 0.15) is 6.92 Å². The lowest BCUT2D eigenvalue weighted by atomic mass is 10.00. The van der Waals surface area contributed by atoms with E-state index in [-0.39, 0.29) is 6.54 Å². The van der Waals surface area contributed by atoms with E-state index in [0.717, 1.165) is 0 Å². The van der Waals surface area contributed by atoms with Crippen LogP contribution < -0.4 is 5.32 Å². The van der Waals surface area contributed by atoms with E-state index < -0.39 is 30.5 Å². The van der Waals surface area contributed by atoms with Gasteiger partial charge >= 0.3 is 0 Å². The first-order valence-electron chi connectivity index (χ1n) is 4.46. The van der Waals surface area contributed by atoms with Crippen molar-refractivity contribution in [2.24, 2.45) is 0 Å². The molecular formula is C8H19NO5. The van der Waals surface area contributed by atoms with Gasteiger partial charge in [0.05, 0.1) is 12.2 Å². The number of aliphatic hydroxyl groups excluding tert-OH is 5. The van der Waals surface area contributed by atoms with Gasteiger partial charge in [-0.25, -0.2) is 0 Å². The molecule has 0 aliphatic heterocycles. The second-order valence-electron chi connectivity index (χ2n) is 3.34. The van der Waals surface area contributed by atoms with Gasteiger partial charge in [-0.1, -0.05) is 0 Å². The van der Waals surface area contributed by atoms with Crippen LogP contribution >= 0.6 is 0 Å². The van der Waals surface area contributed by atoms with E-state index in [2.05, 4.69) is 5.32 Å². The fourth-order valence-electron chi connectivity index (χ4n) is 1.04. The SMILES string of the molecule is CNCC(O)C(O)C(O)C(O)C(C)O. The molecule has 5 unspecified atom stereocenters. The van der Waals surface area contributed by atoms with Crippen molar-refractivity contribution in [1.82, 2.24) is 5.32 Å². The zero-order valence-electron chi connectivity index (χ0n) is 8.33. The van der Waals surface area contributed by atoms with Crippen molar-refractivity contribution in [3.63, 3.8) is 0 Å². The van der Waals surface area contributed by atoms with Crippen LogP contribution in [-0.4, -0.2) is 69.6 Å². The van der Waals surface area contributed by atoms with Crippen molar-refractivity contribution < 1.29 is 25.5 Å². The molecule has 5 atom stereocenters. The van der Waals surface area contributed by atoms with E-state index in [0.29, 0.717) is 0 Å². The molecule has 0 bridgehead atoms. The standard InChI is InChI=1S/C8H19NO5/c1-4(10)6(12)8(14)7(13)5(11)3-9-2/h4-14H,3H2,1-2H3. The Hall–Kier alpha value is -0.240. The summed E-state index contributed by atoms with van der Waals surface area (Å²) in [4.78, 5) is 0. The Bertz CT molecular complexity index is 155. The van der Waals surface area contributed by atoms with Gasteiger partial charge in [0.15, 0.2) is 0 Å². The van der Waals surface area contributed by atoms with E-state index in [4.69, 9.17) is 5.11 Å². The highest BCUT2D eigenvalue weighted by Gasteiger charge is 2.32. The lowest BCUT2D eigenvalue weighted by Crippen LogP contribution is -2.50. The maximum absolute atomic E-state index is 9.33. The van der Waals surface area contributed by atoms with Gasteiger partial charge in [0.1, 0.15) is 18.3 Å². The third-order valence-electron chi connectivity index (χ3n) is 2.00. The molecule has 0 spiro atoms. The highest BCUT2D eigenvalue weighted by atomic mass is 16.4. The highest BCUT2D eigenvalue weighted by molar-refractivity contribution is 4.83. The summed E-state index contributed by atoms with van der Waals surface area (Å²) in [5, 5.41) is 48.6. The van der Waals surface area contributed by atoms with Crippen LogP contribution in [0.5, 0.6) is 0 Å². The molecule has 0 aliphatic rings. The molecule has 6 heteroatoms. The molecule has 0 aromatic rings. The molecule has 14 heavy (non-hydrogen) atoms. The van der Waals surface area contributed by atoms with Crippen LogP contribution in [0.2, 0.25) is 0 Å². The normalized spacial score (nSPS) is 22.5. The van der Waals surface area contributed by atoms with Gasteiger partial charge in [0, 0.05) is 6.54 Å². The molecule has 0 aromatic heterocycles. The Morgan fingerprint density at radius 2 is 1.43 bits per heavy atom. The number of likely N-dealkylation sites (N-methyl/N-ethyl adjacent to an activating group) is 1. The maximum Gasteiger partial charge on any atom is 0.111 e. The van der Waals surface area contributed by atoms with E-state index in [1.165, 1.54) is 6.92 Å². The van der Waals surface area contributed by atoms with Gasteiger partial charge in [-0.15, -0.1) is 0 Å². The minimum absolute atomic E-state index is 0.0881. The number of rotatable bonds is 6. The van der Waals surface area contributed by atoms with Gasteiger partial charge in [-0.05, 0) is 14.0 Å². The van der Waals surface area contributed by atoms with Crippen molar-refractivity contribution in [2.75, 3.05) is 13.6 Å². The summed E-state index contributed by atoms with van der Waals surface area (Å²) in [7, 11) is 1.58. The molecule has 6 nitrogen and oxygen atoms in total. The predicted octanol–water partition coefficient (Wildman–Crippen LogP) is -2.97. The van der Waals surface area contributed by atoms with Gasteiger partial charge in [-0.3, -0.25) is 0 Å². The molecule has 0 rings (SSSR count). The number of aliphatic hydroxyl groups is 5. The van der Waals surface area contributed by atoms with Crippen molar-refractivity contribution in [3.8, 4) is 0 Å². The van der Waals surface area contributed by atoms with Crippen molar-refractivity contribution in [3.05, 3.63) is 0 Å².